The Morgan fingerprint density at radius 1 is 1.33 bits per heavy atom. The summed E-state index contributed by atoms with van der Waals surface area (Å²) in [6.07, 6.45) is 0. The largest absolute Gasteiger partial charge is 0.380 e. The van der Waals surface area contributed by atoms with E-state index in [1.54, 1.807) is 7.11 Å². The molecule has 1 atom stereocenters. The molecule has 0 heterocycles. The van der Waals surface area contributed by atoms with Crippen LogP contribution in [0.25, 0.3) is 0 Å². The minimum atomic E-state index is -0.175. The van der Waals surface area contributed by atoms with Crippen molar-refractivity contribution in [3.63, 3.8) is 0 Å². The summed E-state index contributed by atoms with van der Waals surface area (Å²) in [6, 6.07) is 7.60. The van der Waals surface area contributed by atoms with Crippen LogP contribution in [0, 0.1) is 5.92 Å². The van der Waals surface area contributed by atoms with Crippen molar-refractivity contribution in [3.05, 3.63) is 29.8 Å². The van der Waals surface area contributed by atoms with Crippen molar-refractivity contribution in [3.8, 4) is 0 Å². The molecule has 4 heteroatoms. The highest BCUT2D eigenvalue weighted by Gasteiger charge is 2.10. The molecule has 0 saturated heterocycles. The number of hydrogen-bond acceptors (Lipinski definition) is 2. The van der Waals surface area contributed by atoms with Crippen molar-refractivity contribution in [1.29, 1.82) is 0 Å². The first kappa shape index (κ1) is 14.5. The number of amides is 2. The number of carbonyl (C=O) groups excluding carboxylic acids is 1. The number of anilines is 1. The van der Waals surface area contributed by atoms with Crippen LogP contribution in [0.5, 0.6) is 0 Å². The molecule has 0 aromatic heterocycles. The van der Waals surface area contributed by atoms with Crippen molar-refractivity contribution >= 4 is 11.7 Å². The normalized spacial score (nSPS) is 12.3. The molecule has 0 bridgehead atoms. The van der Waals surface area contributed by atoms with E-state index in [-0.39, 0.29) is 12.1 Å². The minimum Gasteiger partial charge on any atom is -0.380 e. The molecule has 1 aromatic rings. The standard InChI is InChI=1S/C14H22N2O2/c1-10(2)11(3)15-14(17)16-13-7-5-6-12(8-13)9-18-4/h5-8,10-11H,9H2,1-4H3,(H2,15,16,17)/t11-/m1/s1. The number of hydrogen-bond donors (Lipinski definition) is 2. The van der Waals surface area contributed by atoms with E-state index in [2.05, 4.69) is 24.5 Å². The Hall–Kier alpha value is -1.55. The molecule has 0 saturated carbocycles. The number of urea groups is 1. The predicted octanol–water partition coefficient (Wildman–Crippen LogP) is 3.00. The fourth-order valence-corrected chi connectivity index (χ4v) is 1.45. The molecule has 0 fully saturated rings. The summed E-state index contributed by atoms with van der Waals surface area (Å²) < 4.78 is 5.06. The van der Waals surface area contributed by atoms with Gasteiger partial charge in [0.15, 0.2) is 0 Å². The van der Waals surface area contributed by atoms with E-state index in [9.17, 15) is 4.79 Å². The Kier molecular flexibility index (Phi) is 5.65. The summed E-state index contributed by atoms with van der Waals surface area (Å²) in [6.45, 7) is 6.68. The first-order valence-electron chi connectivity index (χ1n) is 6.18. The van der Waals surface area contributed by atoms with Gasteiger partial charge in [-0.1, -0.05) is 26.0 Å². The smallest absolute Gasteiger partial charge is 0.319 e. The molecule has 1 aromatic carbocycles. The van der Waals surface area contributed by atoms with Gasteiger partial charge in [-0.3, -0.25) is 0 Å². The lowest BCUT2D eigenvalue weighted by atomic mass is 10.1. The van der Waals surface area contributed by atoms with Crippen molar-refractivity contribution < 1.29 is 9.53 Å². The van der Waals surface area contributed by atoms with E-state index < -0.39 is 0 Å². The van der Waals surface area contributed by atoms with Crippen molar-refractivity contribution in [2.45, 2.75) is 33.4 Å². The van der Waals surface area contributed by atoms with Crippen molar-refractivity contribution in [1.82, 2.24) is 5.32 Å². The first-order valence-corrected chi connectivity index (χ1v) is 6.18. The van der Waals surface area contributed by atoms with Gasteiger partial charge in [0.05, 0.1) is 6.61 Å². The van der Waals surface area contributed by atoms with Crippen LogP contribution in [0.15, 0.2) is 24.3 Å². The highest BCUT2D eigenvalue weighted by Crippen LogP contribution is 2.11. The number of carbonyl (C=O) groups is 1. The van der Waals surface area contributed by atoms with Gasteiger partial charge in [0.1, 0.15) is 0 Å². The molecule has 0 unspecified atom stereocenters. The molecule has 0 aliphatic carbocycles. The van der Waals surface area contributed by atoms with Gasteiger partial charge in [0.25, 0.3) is 0 Å². The number of rotatable bonds is 5. The van der Waals surface area contributed by atoms with E-state index in [1.165, 1.54) is 0 Å². The van der Waals surface area contributed by atoms with Gasteiger partial charge in [0.2, 0.25) is 0 Å². The van der Waals surface area contributed by atoms with Crippen LogP contribution < -0.4 is 10.6 Å². The average Bonchev–Trinajstić information content (AvgIpc) is 2.29. The number of ether oxygens (including phenoxy) is 1. The molecule has 100 valence electrons. The van der Waals surface area contributed by atoms with Crippen LogP contribution in [-0.4, -0.2) is 19.2 Å². The molecule has 2 N–H and O–H groups in total. The topological polar surface area (TPSA) is 50.4 Å². The molecule has 0 spiro atoms. The zero-order valence-corrected chi connectivity index (χ0v) is 11.5. The molecule has 18 heavy (non-hydrogen) atoms. The summed E-state index contributed by atoms with van der Waals surface area (Å²) in [5, 5.41) is 5.72. The Morgan fingerprint density at radius 3 is 2.67 bits per heavy atom. The average molecular weight is 250 g/mol. The van der Waals surface area contributed by atoms with Crippen LogP contribution in [0.3, 0.4) is 0 Å². The van der Waals surface area contributed by atoms with E-state index in [0.29, 0.717) is 12.5 Å². The van der Waals surface area contributed by atoms with Crippen molar-refractivity contribution in [2.75, 3.05) is 12.4 Å². The van der Waals surface area contributed by atoms with E-state index in [4.69, 9.17) is 4.74 Å². The van der Waals surface area contributed by atoms with Crippen LogP contribution in [0.1, 0.15) is 26.3 Å². The SMILES string of the molecule is COCc1cccc(NC(=O)N[C@H](C)C(C)C)c1. The summed E-state index contributed by atoms with van der Waals surface area (Å²) in [5.41, 5.74) is 1.81. The molecule has 0 radical (unpaired) electrons. The zero-order chi connectivity index (χ0) is 13.5. The van der Waals surface area contributed by atoms with Crippen LogP contribution >= 0.6 is 0 Å². The molecular formula is C14H22N2O2. The molecule has 4 nitrogen and oxygen atoms in total. The molecule has 2 amide bonds. The summed E-state index contributed by atoms with van der Waals surface area (Å²) in [5.74, 6) is 0.413. The lowest BCUT2D eigenvalue weighted by Crippen LogP contribution is -2.39. The minimum absolute atomic E-state index is 0.146. The lowest BCUT2D eigenvalue weighted by molar-refractivity contribution is 0.185. The maximum absolute atomic E-state index is 11.7. The third-order valence-electron chi connectivity index (χ3n) is 2.85. The molecular weight excluding hydrogens is 228 g/mol. The molecule has 1 rings (SSSR count). The van der Waals surface area contributed by atoms with Gasteiger partial charge in [-0.15, -0.1) is 0 Å². The fraction of sp³-hybridized carbons (Fsp3) is 0.500. The van der Waals surface area contributed by atoms with Gasteiger partial charge in [-0.25, -0.2) is 4.79 Å². The second-order valence-corrected chi connectivity index (χ2v) is 4.76. The highest BCUT2D eigenvalue weighted by atomic mass is 16.5. The second kappa shape index (κ2) is 7.01. The Balaban J connectivity index is 2.56. The lowest BCUT2D eigenvalue weighted by Gasteiger charge is -2.18. The quantitative estimate of drug-likeness (QED) is 0.844. The zero-order valence-electron chi connectivity index (χ0n) is 11.5. The number of methoxy groups -OCH3 is 1. The van der Waals surface area contributed by atoms with Crippen LogP contribution in [0.2, 0.25) is 0 Å². The van der Waals surface area contributed by atoms with Gasteiger partial charge in [-0.2, -0.15) is 0 Å². The fourth-order valence-electron chi connectivity index (χ4n) is 1.45. The molecule has 0 aliphatic heterocycles. The number of benzene rings is 1. The van der Waals surface area contributed by atoms with Gasteiger partial charge in [-0.05, 0) is 30.5 Å². The maximum atomic E-state index is 11.7. The van der Waals surface area contributed by atoms with Gasteiger partial charge in [0, 0.05) is 18.8 Å². The van der Waals surface area contributed by atoms with E-state index in [1.807, 2.05) is 31.2 Å². The number of nitrogens with one attached hydrogen (secondary N) is 2. The Bertz CT molecular complexity index is 391. The van der Waals surface area contributed by atoms with Gasteiger partial charge >= 0.3 is 6.03 Å². The predicted molar refractivity (Wildman–Crippen MR) is 73.6 cm³/mol. The third-order valence-corrected chi connectivity index (χ3v) is 2.85. The second-order valence-electron chi connectivity index (χ2n) is 4.76. The van der Waals surface area contributed by atoms with E-state index in [0.717, 1.165) is 11.3 Å². The summed E-state index contributed by atoms with van der Waals surface area (Å²) in [4.78, 5) is 11.7. The Morgan fingerprint density at radius 2 is 2.06 bits per heavy atom. The monoisotopic (exact) mass is 250 g/mol. The van der Waals surface area contributed by atoms with E-state index >= 15 is 0 Å². The highest BCUT2D eigenvalue weighted by molar-refractivity contribution is 5.89. The van der Waals surface area contributed by atoms with Crippen LogP contribution in [-0.2, 0) is 11.3 Å². The summed E-state index contributed by atoms with van der Waals surface area (Å²) >= 11 is 0. The molecule has 0 aliphatic rings. The van der Waals surface area contributed by atoms with Crippen molar-refractivity contribution in [2.24, 2.45) is 5.92 Å². The Labute approximate surface area is 109 Å². The maximum Gasteiger partial charge on any atom is 0.319 e. The summed E-state index contributed by atoms with van der Waals surface area (Å²) in [7, 11) is 1.65. The van der Waals surface area contributed by atoms with Crippen LogP contribution in [0.4, 0.5) is 10.5 Å². The third kappa shape index (κ3) is 4.75. The van der Waals surface area contributed by atoms with Gasteiger partial charge < -0.3 is 15.4 Å². The first-order chi connectivity index (χ1) is 8.52.